The van der Waals surface area contributed by atoms with E-state index < -0.39 is 0 Å². The maximum atomic E-state index is 13.8. The SMILES string of the molecule is Cc1cc(CC(=O)NCCO)cc2c(F)cccc12. The third-order valence-corrected chi connectivity index (χ3v) is 3.01. The highest BCUT2D eigenvalue weighted by Gasteiger charge is 2.08. The number of halogens is 1. The predicted octanol–water partition coefficient (Wildman–Crippen LogP) is 1.94. The fourth-order valence-corrected chi connectivity index (χ4v) is 2.16. The highest BCUT2D eigenvalue weighted by atomic mass is 19.1. The van der Waals surface area contributed by atoms with E-state index >= 15 is 0 Å². The average Bonchev–Trinajstić information content (AvgIpc) is 2.38. The second-order valence-electron chi connectivity index (χ2n) is 4.50. The highest BCUT2D eigenvalue weighted by molar-refractivity contribution is 5.88. The molecule has 0 aromatic heterocycles. The number of benzene rings is 2. The molecule has 0 atom stereocenters. The van der Waals surface area contributed by atoms with Gasteiger partial charge in [-0.25, -0.2) is 4.39 Å². The lowest BCUT2D eigenvalue weighted by atomic mass is 10.00. The van der Waals surface area contributed by atoms with Gasteiger partial charge in [-0.3, -0.25) is 4.79 Å². The molecule has 0 fully saturated rings. The molecule has 0 aliphatic heterocycles. The van der Waals surface area contributed by atoms with Crippen LogP contribution in [0.25, 0.3) is 10.8 Å². The van der Waals surface area contributed by atoms with Crippen molar-refractivity contribution in [3.05, 3.63) is 47.3 Å². The van der Waals surface area contributed by atoms with Gasteiger partial charge in [0.05, 0.1) is 13.0 Å². The van der Waals surface area contributed by atoms with E-state index in [4.69, 9.17) is 5.11 Å². The Morgan fingerprint density at radius 2 is 2.11 bits per heavy atom. The van der Waals surface area contributed by atoms with Gasteiger partial charge in [0, 0.05) is 11.9 Å². The molecule has 0 radical (unpaired) electrons. The molecule has 4 heteroatoms. The van der Waals surface area contributed by atoms with Gasteiger partial charge in [0.25, 0.3) is 0 Å². The number of carbonyl (C=O) groups is 1. The van der Waals surface area contributed by atoms with Crippen molar-refractivity contribution in [1.29, 1.82) is 0 Å². The molecular formula is C15H16FNO2. The van der Waals surface area contributed by atoms with Crippen molar-refractivity contribution < 1.29 is 14.3 Å². The molecular weight excluding hydrogens is 245 g/mol. The van der Waals surface area contributed by atoms with Gasteiger partial charge in [-0.15, -0.1) is 0 Å². The molecule has 0 saturated carbocycles. The summed E-state index contributed by atoms with van der Waals surface area (Å²) in [6.45, 7) is 2.05. The van der Waals surface area contributed by atoms with Crippen LogP contribution in [0.4, 0.5) is 4.39 Å². The Bertz CT molecular complexity index is 610. The first-order chi connectivity index (χ1) is 9.11. The number of hydrogen-bond donors (Lipinski definition) is 2. The number of carbonyl (C=O) groups excluding carboxylic acids is 1. The van der Waals surface area contributed by atoms with Gasteiger partial charge in [0.2, 0.25) is 5.91 Å². The third kappa shape index (κ3) is 3.09. The Morgan fingerprint density at radius 3 is 2.84 bits per heavy atom. The average molecular weight is 261 g/mol. The number of aliphatic hydroxyl groups excluding tert-OH is 1. The first kappa shape index (κ1) is 13.5. The molecule has 0 aliphatic rings. The number of hydrogen-bond acceptors (Lipinski definition) is 2. The summed E-state index contributed by atoms with van der Waals surface area (Å²) in [6.07, 6.45) is 0.186. The van der Waals surface area contributed by atoms with Crippen molar-refractivity contribution in [3.8, 4) is 0 Å². The Kier molecular flexibility index (Phi) is 4.12. The monoisotopic (exact) mass is 261 g/mol. The minimum Gasteiger partial charge on any atom is -0.395 e. The topological polar surface area (TPSA) is 49.3 Å². The van der Waals surface area contributed by atoms with Crippen LogP contribution in [0.3, 0.4) is 0 Å². The fourth-order valence-electron chi connectivity index (χ4n) is 2.16. The standard InChI is InChI=1S/C15H16FNO2/c1-10-7-11(9-15(19)17-5-6-18)8-13-12(10)3-2-4-14(13)16/h2-4,7-8,18H,5-6,9H2,1H3,(H,17,19). The molecule has 0 bridgehead atoms. The van der Waals surface area contributed by atoms with Gasteiger partial charge in [-0.2, -0.15) is 0 Å². The first-order valence-corrected chi connectivity index (χ1v) is 6.17. The molecule has 2 rings (SSSR count). The molecule has 3 nitrogen and oxygen atoms in total. The van der Waals surface area contributed by atoms with Gasteiger partial charge in [-0.1, -0.05) is 18.2 Å². The zero-order chi connectivity index (χ0) is 13.8. The maximum Gasteiger partial charge on any atom is 0.224 e. The maximum absolute atomic E-state index is 13.8. The Hall–Kier alpha value is -1.94. The number of nitrogens with one attached hydrogen (secondary N) is 1. The summed E-state index contributed by atoms with van der Waals surface area (Å²) < 4.78 is 13.8. The van der Waals surface area contributed by atoms with E-state index in [-0.39, 0.29) is 31.3 Å². The normalized spacial score (nSPS) is 10.7. The van der Waals surface area contributed by atoms with Gasteiger partial charge in [-0.05, 0) is 35.6 Å². The van der Waals surface area contributed by atoms with Gasteiger partial charge in [0.1, 0.15) is 5.82 Å². The number of rotatable bonds is 4. The molecule has 1 amide bonds. The first-order valence-electron chi connectivity index (χ1n) is 6.17. The summed E-state index contributed by atoms with van der Waals surface area (Å²) in [5.74, 6) is -0.456. The molecule has 100 valence electrons. The summed E-state index contributed by atoms with van der Waals surface area (Å²) in [5.41, 5.74) is 1.72. The molecule has 0 spiro atoms. The molecule has 2 aromatic rings. The van der Waals surface area contributed by atoms with Crippen LogP contribution < -0.4 is 5.32 Å². The van der Waals surface area contributed by atoms with E-state index in [1.165, 1.54) is 6.07 Å². The molecule has 19 heavy (non-hydrogen) atoms. The van der Waals surface area contributed by atoms with E-state index in [1.54, 1.807) is 12.1 Å². The van der Waals surface area contributed by atoms with E-state index in [9.17, 15) is 9.18 Å². The van der Waals surface area contributed by atoms with Gasteiger partial charge < -0.3 is 10.4 Å². The number of fused-ring (bicyclic) bond motifs is 1. The highest BCUT2D eigenvalue weighted by Crippen LogP contribution is 2.23. The molecule has 0 saturated heterocycles. The number of aryl methyl sites for hydroxylation is 1. The van der Waals surface area contributed by atoms with Crippen molar-refractivity contribution in [1.82, 2.24) is 5.32 Å². The molecule has 0 unspecified atom stereocenters. The minimum absolute atomic E-state index is 0.0862. The smallest absolute Gasteiger partial charge is 0.224 e. The van der Waals surface area contributed by atoms with Gasteiger partial charge in [0.15, 0.2) is 0 Å². The summed E-state index contributed by atoms with van der Waals surface area (Å²) in [6, 6.07) is 8.55. The Labute approximate surface area is 111 Å². The Balaban J connectivity index is 2.30. The summed E-state index contributed by atoms with van der Waals surface area (Å²) >= 11 is 0. The predicted molar refractivity (Wildman–Crippen MR) is 72.4 cm³/mol. The molecule has 2 aromatic carbocycles. The van der Waals surface area contributed by atoms with Crippen LogP contribution in [0.1, 0.15) is 11.1 Å². The molecule has 2 N–H and O–H groups in total. The van der Waals surface area contributed by atoms with Crippen LogP contribution in [0.2, 0.25) is 0 Å². The lowest BCUT2D eigenvalue weighted by Gasteiger charge is -2.08. The van der Waals surface area contributed by atoms with Crippen LogP contribution in [-0.4, -0.2) is 24.2 Å². The van der Waals surface area contributed by atoms with E-state index in [2.05, 4.69) is 5.32 Å². The zero-order valence-corrected chi connectivity index (χ0v) is 10.7. The van der Waals surface area contributed by atoms with E-state index in [0.717, 1.165) is 16.5 Å². The van der Waals surface area contributed by atoms with Crippen molar-refractivity contribution in [2.45, 2.75) is 13.3 Å². The van der Waals surface area contributed by atoms with Crippen LogP contribution in [0, 0.1) is 12.7 Å². The number of aliphatic hydroxyl groups is 1. The number of amides is 1. The molecule has 0 heterocycles. The van der Waals surface area contributed by atoms with Crippen molar-refractivity contribution >= 4 is 16.7 Å². The van der Waals surface area contributed by atoms with E-state index in [1.807, 2.05) is 19.1 Å². The van der Waals surface area contributed by atoms with Crippen molar-refractivity contribution in [3.63, 3.8) is 0 Å². The fraction of sp³-hybridized carbons (Fsp3) is 0.267. The second kappa shape index (κ2) is 5.80. The van der Waals surface area contributed by atoms with Gasteiger partial charge >= 0.3 is 0 Å². The minimum atomic E-state index is -0.279. The second-order valence-corrected chi connectivity index (χ2v) is 4.50. The summed E-state index contributed by atoms with van der Waals surface area (Å²) in [4.78, 5) is 11.6. The lowest BCUT2D eigenvalue weighted by Crippen LogP contribution is -2.27. The summed E-state index contributed by atoms with van der Waals surface area (Å²) in [7, 11) is 0. The molecule has 0 aliphatic carbocycles. The third-order valence-electron chi connectivity index (χ3n) is 3.01. The van der Waals surface area contributed by atoms with Crippen LogP contribution in [0.5, 0.6) is 0 Å². The van der Waals surface area contributed by atoms with Crippen LogP contribution in [-0.2, 0) is 11.2 Å². The van der Waals surface area contributed by atoms with Crippen LogP contribution >= 0.6 is 0 Å². The van der Waals surface area contributed by atoms with E-state index in [0.29, 0.717) is 5.39 Å². The summed E-state index contributed by atoms with van der Waals surface area (Å²) in [5, 5.41) is 12.6. The quantitative estimate of drug-likeness (QED) is 0.883. The van der Waals surface area contributed by atoms with Crippen molar-refractivity contribution in [2.24, 2.45) is 0 Å². The zero-order valence-electron chi connectivity index (χ0n) is 10.7. The van der Waals surface area contributed by atoms with Crippen molar-refractivity contribution in [2.75, 3.05) is 13.2 Å². The Morgan fingerprint density at radius 1 is 1.32 bits per heavy atom. The van der Waals surface area contributed by atoms with Crippen LogP contribution in [0.15, 0.2) is 30.3 Å². The lowest BCUT2D eigenvalue weighted by molar-refractivity contribution is -0.120. The largest absolute Gasteiger partial charge is 0.395 e.